The number of rotatable bonds is 4. The SMILES string of the molecule is N#Cc1ccc(-n2nc3c4c(ncc3c2OCc2ccccc2Cl)CCCC4)cc1. The molecular weight excluding hydrogens is 396 g/mol. The van der Waals surface area contributed by atoms with Crippen molar-refractivity contribution in [3.63, 3.8) is 0 Å². The second-order valence-electron chi connectivity index (χ2n) is 7.41. The molecule has 1 aliphatic carbocycles. The minimum atomic E-state index is 0.327. The van der Waals surface area contributed by atoms with Gasteiger partial charge in [-0.05, 0) is 56.0 Å². The molecule has 5 nitrogen and oxygen atoms in total. The Morgan fingerprint density at radius 2 is 1.87 bits per heavy atom. The zero-order chi connectivity index (χ0) is 20.5. The highest BCUT2D eigenvalue weighted by atomic mass is 35.5. The fraction of sp³-hybridized carbons (Fsp3) is 0.208. The van der Waals surface area contributed by atoms with Gasteiger partial charge in [0.25, 0.3) is 0 Å². The summed E-state index contributed by atoms with van der Waals surface area (Å²) in [5, 5.41) is 15.6. The van der Waals surface area contributed by atoms with Gasteiger partial charge in [0, 0.05) is 28.0 Å². The van der Waals surface area contributed by atoms with Crippen molar-refractivity contribution >= 4 is 22.5 Å². The van der Waals surface area contributed by atoms with Crippen molar-refractivity contribution in [1.82, 2.24) is 14.8 Å². The summed E-state index contributed by atoms with van der Waals surface area (Å²) in [6.45, 7) is 0.327. The Bertz CT molecular complexity index is 1270. The van der Waals surface area contributed by atoms with E-state index in [2.05, 4.69) is 6.07 Å². The number of pyridine rings is 1. The largest absolute Gasteiger partial charge is 0.472 e. The van der Waals surface area contributed by atoms with E-state index < -0.39 is 0 Å². The molecule has 2 heterocycles. The highest BCUT2D eigenvalue weighted by molar-refractivity contribution is 6.31. The fourth-order valence-corrected chi connectivity index (χ4v) is 4.13. The van der Waals surface area contributed by atoms with E-state index in [0.29, 0.717) is 23.1 Å². The molecule has 0 aliphatic heterocycles. The lowest BCUT2D eigenvalue weighted by Crippen LogP contribution is -2.05. The Morgan fingerprint density at radius 3 is 2.67 bits per heavy atom. The molecule has 0 N–H and O–H groups in total. The molecule has 0 spiro atoms. The van der Waals surface area contributed by atoms with Gasteiger partial charge in [-0.25, -0.2) is 0 Å². The molecule has 0 atom stereocenters. The van der Waals surface area contributed by atoms with Gasteiger partial charge in [0.15, 0.2) is 0 Å². The monoisotopic (exact) mass is 414 g/mol. The third-order valence-electron chi connectivity index (χ3n) is 5.52. The van der Waals surface area contributed by atoms with E-state index in [4.69, 9.17) is 31.7 Å². The fourth-order valence-electron chi connectivity index (χ4n) is 3.94. The van der Waals surface area contributed by atoms with Crippen molar-refractivity contribution in [2.45, 2.75) is 32.3 Å². The van der Waals surface area contributed by atoms with Crippen LogP contribution in [0.25, 0.3) is 16.6 Å². The molecule has 4 aromatic rings. The second kappa shape index (κ2) is 7.81. The maximum absolute atomic E-state index is 9.12. The van der Waals surface area contributed by atoms with Gasteiger partial charge >= 0.3 is 0 Å². The van der Waals surface area contributed by atoms with Gasteiger partial charge in [-0.1, -0.05) is 29.8 Å². The molecule has 2 aromatic carbocycles. The lowest BCUT2D eigenvalue weighted by molar-refractivity contribution is 0.288. The van der Waals surface area contributed by atoms with Crippen LogP contribution in [-0.4, -0.2) is 14.8 Å². The van der Waals surface area contributed by atoms with E-state index >= 15 is 0 Å². The zero-order valence-electron chi connectivity index (χ0n) is 16.3. The second-order valence-corrected chi connectivity index (χ2v) is 7.82. The lowest BCUT2D eigenvalue weighted by Gasteiger charge is -2.14. The number of aromatic nitrogens is 3. The molecule has 0 saturated carbocycles. The van der Waals surface area contributed by atoms with Crippen LogP contribution >= 0.6 is 11.6 Å². The maximum Gasteiger partial charge on any atom is 0.226 e. The molecule has 0 bridgehead atoms. The number of nitriles is 1. The average molecular weight is 415 g/mol. The van der Waals surface area contributed by atoms with Gasteiger partial charge < -0.3 is 4.74 Å². The summed E-state index contributed by atoms with van der Waals surface area (Å²) >= 11 is 6.32. The molecule has 0 saturated heterocycles. The summed E-state index contributed by atoms with van der Waals surface area (Å²) in [5.41, 5.74) is 5.64. The first-order valence-corrected chi connectivity index (χ1v) is 10.4. The topological polar surface area (TPSA) is 63.7 Å². The minimum absolute atomic E-state index is 0.327. The first-order valence-electron chi connectivity index (χ1n) is 10.0. The predicted molar refractivity (Wildman–Crippen MR) is 116 cm³/mol. The number of ether oxygens (including phenoxy) is 1. The summed E-state index contributed by atoms with van der Waals surface area (Å²) in [5.74, 6) is 0.635. The van der Waals surface area contributed by atoms with E-state index in [1.807, 2.05) is 42.6 Å². The number of hydrogen-bond donors (Lipinski definition) is 0. The van der Waals surface area contributed by atoms with Crippen LogP contribution in [0.1, 0.15) is 35.2 Å². The third-order valence-corrected chi connectivity index (χ3v) is 5.88. The maximum atomic E-state index is 9.12. The van der Waals surface area contributed by atoms with Gasteiger partial charge in [-0.15, -0.1) is 0 Å². The van der Waals surface area contributed by atoms with Gasteiger partial charge in [-0.2, -0.15) is 15.0 Å². The van der Waals surface area contributed by atoms with Crippen LogP contribution in [0.4, 0.5) is 0 Å². The summed E-state index contributed by atoms with van der Waals surface area (Å²) in [6.07, 6.45) is 6.15. The molecule has 0 radical (unpaired) electrons. The van der Waals surface area contributed by atoms with E-state index in [9.17, 15) is 0 Å². The average Bonchev–Trinajstić information content (AvgIpc) is 3.17. The number of aryl methyl sites for hydroxylation is 2. The van der Waals surface area contributed by atoms with Crippen LogP contribution in [0.3, 0.4) is 0 Å². The van der Waals surface area contributed by atoms with Crippen molar-refractivity contribution in [3.05, 3.63) is 82.1 Å². The normalized spacial score (nSPS) is 13.1. The lowest BCUT2D eigenvalue weighted by atomic mass is 9.95. The Kier molecular flexibility index (Phi) is 4.86. The smallest absolute Gasteiger partial charge is 0.226 e. The molecule has 30 heavy (non-hydrogen) atoms. The van der Waals surface area contributed by atoms with E-state index in [1.54, 1.807) is 16.8 Å². The van der Waals surface area contributed by atoms with E-state index in [1.165, 1.54) is 5.56 Å². The van der Waals surface area contributed by atoms with Crippen LogP contribution in [-0.2, 0) is 19.4 Å². The quantitative estimate of drug-likeness (QED) is 0.448. The summed E-state index contributed by atoms with van der Waals surface area (Å²) in [6, 6.07) is 17.1. The van der Waals surface area contributed by atoms with Crippen molar-refractivity contribution in [1.29, 1.82) is 5.26 Å². The molecule has 6 heteroatoms. The zero-order valence-corrected chi connectivity index (χ0v) is 17.1. The first kappa shape index (κ1) is 18.7. The van der Waals surface area contributed by atoms with E-state index in [0.717, 1.165) is 53.5 Å². The van der Waals surface area contributed by atoms with Crippen molar-refractivity contribution in [3.8, 4) is 17.6 Å². The van der Waals surface area contributed by atoms with Gasteiger partial charge in [0.05, 0.1) is 22.7 Å². The molecule has 1 aliphatic rings. The van der Waals surface area contributed by atoms with Crippen LogP contribution in [0, 0.1) is 11.3 Å². The number of fused-ring (bicyclic) bond motifs is 3. The standard InChI is InChI=1S/C24H19ClN4O/c25-21-7-3-1-5-17(21)15-30-24-20-14-27-22-8-4-2-6-19(22)23(20)28-29(24)18-11-9-16(13-26)10-12-18/h1,3,5,7,9-12,14H,2,4,6,8,15H2. The summed E-state index contributed by atoms with van der Waals surface area (Å²) < 4.78 is 8.08. The molecule has 5 rings (SSSR count). The Balaban J connectivity index is 1.63. The Labute approximate surface area is 179 Å². The molecule has 0 unspecified atom stereocenters. The number of hydrogen-bond acceptors (Lipinski definition) is 4. The number of benzene rings is 2. The predicted octanol–water partition coefficient (Wildman–Crippen LogP) is 5.40. The number of halogens is 1. The highest BCUT2D eigenvalue weighted by Gasteiger charge is 2.22. The molecule has 0 fully saturated rings. The van der Waals surface area contributed by atoms with Crippen molar-refractivity contribution < 1.29 is 4.74 Å². The van der Waals surface area contributed by atoms with Gasteiger partial charge in [0.2, 0.25) is 5.88 Å². The minimum Gasteiger partial charge on any atom is -0.472 e. The first-order chi connectivity index (χ1) is 14.7. The Morgan fingerprint density at radius 1 is 1.07 bits per heavy atom. The van der Waals surface area contributed by atoms with Crippen LogP contribution in [0.2, 0.25) is 5.02 Å². The van der Waals surface area contributed by atoms with Crippen LogP contribution in [0.15, 0.2) is 54.7 Å². The molecular formula is C24H19ClN4O. The molecule has 148 valence electrons. The molecule has 2 aromatic heterocycles. The van der Waals surface area contributed by atoms with Gasteiger partial charge in [-0.3, -0.25) is 4.98 Å². The van der Waals surface area contributed by atoms with E-state index in [-0.39, 0.29) is 0 Å². The molecule has 0 amide bonds. The van der Waals surface area contributed by atoms with Crippen LogP contribution in [0.5, 0.6) is 5.88 Å². The Hall–Kier alpha value is -3.36. The number of nitrogens with zero attached hydrogens (tertiary/aromatic N) is 4. The summed E-state index contributed by atoms with van der Waals surface area (Å²) in [4.78, 5) is 4.71. The highest BCUT2D eigenvalue weighted by Crippen LogP contribution is 2.34. The van der Waals surface area contributed by atoms with Crippen LogP contribution < -0.4 is 4.74 Å². The van der Waals surface area contributed by atoms with Crippen molar-refractivity contribution in [2.24, 2.45) is 0 Å². The summed E-state index contributed by atoms with van der Waals surface area (Å²) in [7, 11) is 0. The van der Waals surface area contributed by atoms with Gasteiger partial charge in [0.1, 0.15) is 12.1 Å². The third kappa shape index (κ3) is 3.30. The van der Waals surface area contributed by atoms with Crippen molar-refractivity contribution in [2.75, 3.05) is 0 Å².